The van der Waals surface area contributed by atoms with E-state index in [0.29, 0.717) is 23.0 Å². The van der Waals surface area contributed by atoms with Gasteiger partial charge in [-0.3, -0.25) is 5.32 Å². The molecule has 1 aliphatic carbocycles. The molecule has 2 fully saturated rings. The third-order valence-corrected chi connectivity index (χ3v) is 6.65. The van der Waals surface area contributed by atoms with Gasteiger partial charge in [0.25, 0.3) is 0 Å². The minimum absolute atomic E-state index is 0.118. The zero-order valence-corrected chi connectivity index (χ0v) is 17.0. The molecule has 29 heavy (non-hydrogen) atoms. The number of hydrogen-bond acceptors (Lipinski definition) is 8. The molecule has 3 aromatic heterocycles. The molecule has 5 rings (SSSR count). The van der Waals surface area contributed by atoms with E-state index in [4.69, 9.17) is 4.74 Å². The van der Waals surface area contributed by atoms with Crippen LogP contribution in [0.2, 0.25) is 0 Å². The summed E-state index contributed by atoms with van der Waals surface area (Å²) in [5.41, 5.74) is 0.858. The smallest absolute Gasteiger partial charge is 0.329 e. The Morgan fingerprint density at radius 3 is 2.86 bits per heavy atom. The van der Waals surface area contributed by atoms with Crippen molar-refractivity contribution >= 4 is 39.5 Å². The van der Waals surface area contributed by atoms with E-state index in [1.807, 2.05) is 17.2 Å². The molecule has 3 atom stereocenters. The summed E-state index contributed by atoms with van der Waals surface area (Å²) < 4.78 is 8.97. The summed E-state index contributed by atoms with van der Waals surface area (Å²) in [7, 11) is 3.61. The van der Waals surface area contributed by atoms with Gasteiger partial charge in [-0.05, 0) is 30.7 Å². The molecule has 2 N–H and O–H groups in total. The van der Waals surface area contributed by atoms with Crippen LogP contribution in [-0.2, 0) is 0 Å². The fraction of sp³-hybridized carbons (Fsp3) is 0.500. The fourth-order valence-electron chi connectivity index (χ4n) is 4.58. The van der Waals surface area contributed by atoms with Crippen LogP contribution < -0.4 is 15.0 Å². The van der Waals surface area contributed by atoms with E-state index in [2.05, 4.69) is 41.6 Å². The maximum absolute atomic E-state index is 12.6. The molecule has 1 saturated carbocycles. The van der Waals surface area contributed by atoms with Crippen LogP contribution in [0.15, 0.2) is 18.6 Å². The first kappa shape index (κ1) is 18.1. The minimum Gasteiger partial charge on any atom is -0.466 e. The Balaban J connectivity index is 1.21. The average molecular weight is 414 g/mol. The van der Waals surface area contributed by atoms with E-state index in [1.165, 1.54) is 7.11 Å². The molecule has 2 amide bonds. The predicted molar refractivity (Wildman–Crippen MR) is 109 cm³/mol. The van der Waals surface area contributed by atoms with E-state index in [1.54, 1.807) is 6.33 Å². The second-order valence-corrected chi connectivity index (χ2v) is 8.37. The molecule has 0 radical (unpaired) electrons. The Hall–Kier alpha value is -2.95. The highest BCUT2D eigenvalue weighted by Gasteiger charge is 2.44. The second kappa shape index (κ2) is 7.14. The predicted octanol–water partition coefficient (Wildman–Crippen LogP) is 2.20. The first-order valence-corrected chi connectivity index (χ1v) is 10.3. The fourth-order valence-corrected chi connectivity index (χ4v) is 5.11. The van der Waals surface area contributed by atoms with Crippen molar-refractivity contribution in [2.24, 2.45) is 11.8 Å². The molecule has 2 aliphatic rings. The number of amides is 2. The lowest BCUT2D eigenvalue weighted by Crippen LogP contribution is -2.36. The number of methoxy groups -OCH3 is 1. The number of carbonyl (C=O) groups excluding carboxylic acids is 1. The topological polar surface area (TPSA) is 112 Å². The second-order valence-electron chi connectivity index (χ2n) is 7.61. The number of rotatable bonds is 4. The Morgan fingerprint density at radius 1 is 1.34 bits per heavy atom. The summed E-state index contributed by atoms with van der Waals surface area (Å²) in [6.07, 6.45) is 5.60. The molecule has 0 bridgehead atoms. The SMILES string of the molecule is COc1nsc(NC(=O)N2CC3C[C@H](N(C)c4ncnc5[nH]ccc45)C[C@H]3C2)n1. The monoisotopic (exact) mass is 414 g/mol. The molecular formula is C18H22N8O2S. The van der Waals surface area contributed by atoms with Gasteiger partial charge in [-0.15, -0.1) is 4.37 Å². The van der Waals surface area contributed by atoms with Gasteiger partial charge in [0.1, 0.15) is 17.8 Å². The van der Waals surface area contributed by atoms with E-state index in [9.17, 15) is 4.79 Å². The van der Waals surface area contributed by atoms with Gasteiger partial charge >= 0.3 is 12.0 Å². The van der Waals surface area contributed by atoms with Crippen LogP contribution in [0.4, 0.5) is 15.7 Å². The van der Waals surface area contributed by atoms with Crippen LogP contribution in [0.5, 0.6) is 6.01 Å². The summed E-state index contributed by atoms with van der Waals surface area (Å²) in [4.78, 5) is 32.8. The first-order valence-electron chi connectivity index (χ1n) is 9.57. The Kier molecular flexibility index (Phi) is 4.46. The van der Waals surface area contributed by atoms with Gasteiger partial charge in [0.05, 0.1) is 12.5 Å². The van der Waals surface area contributed by atoms with E-state index in [-0.39, 0.29) is 12.0 Å². The number of fused-ring (bicyclic) bond motifs is 2. The average Bonchev–Trinajstić information content (AvgIpc) is 3.48. The van der Waals surface area contributed by atoms with Gasteiger partial charge in [-0.2, -0.15) is 4.98 Å². The molecule has 0 spiro atoms. The zero-order chi connectivity index (χ0) is 20.0. The number of anilines is 2. The number of aromatic nitrogens is 5. The third kappa shape index (κ3) is 3.24. The molecule has 152 valence electrons. The van der Waals surface area contributed by atoms with E-state index in [0.717, 1.165) is 54.3 Å². The number of H-pyrrole nitrogens is 1. The highest BCUT2D eigenvalue weighted by molar-refractivity contribution is 7.10. The lowest BCUT2D eigenvalue weighted by molar-refractivity contribution is 0.218. The van der Waals surface area contributed by atoms with E-state index >= 15 is 0 Å². The van der Waals surface area contributed by atoms with Crippen molar-refractivity contribution in [3.8, 4) is 6.01 Å². The van der Waals surface area contributed by atoms with Gasteiger partial charge in [0, 0.05) is 43.9 Å². The lowest BCUT2D eigenvalue weighted by atomic mass is 10.0. The molecule has 1 saturated heterocycles. The van der Waals surface area contributed by atoms with E-state index < -0.39 is 0 Å². The van der Waals surface area contributed by atoms with Crippen LogP contribution in [0.3, 0.4) is 0 Å². The van der Waals surface area contributed by atoms with Crippen molar-refractivity contribution in [3.05, 3.63) is 18.6 Å². The van der Waals surface area contributed by atoms with Crippen LogP contribution in [0, 0.1) is 11.8 Å². The van der Waals surface area contributed by atoms with Gasteiger partial charge in [0.2, 0.25) is 5.13 Å². The van der Waals surface area contributed by atoms with Gasteiger partial charge in [0.15, 0.2) is 0 Å². The quantitative estimate of drug-likeness (QED) is 0.673. The Morgan fingerprint density at radius 2 is 2.14 bits per heavy atom. The maximum Gasteiger partial charge on any atom is 0.329 e. The third-order valence-electron chi connectivity index (χ3n) is 6.03. The van der Waals surface area contributed by atoms with Crippen molar-refractivity contribution in [2.45, 2.75) is 18.9 Å². The summed E-state index contributed by atoms with van der Waals surface area (Å²) in [6, 6.07) is 2.59. The molecule has 1 aliphatic heterocycles. The number of carbonyl (C=O) groups is 1. The molecule has 4 heterocycles. The molecule has 10 nitrogen and oxygen atoms in total. The minimum atomic E-state index is -0.118. The molecular weight excluding hydrogens is 392 g/mol. The number of likely N-dealkylation sites (tertiary alicyclic amines) is 1. The van der Waals surface area contributed by atoms with Crippen molar-refractivity contribution in [3.63, 3.8) is 0 Å². The molecule has 0 aromatic carbocycles. The molecule has 3 aromatic rings. The van der Waals surface area contributed by atoms with Crippen LogP contribution in [-0.4, -0.2) is 68.5 Å². The molecule has 1 unspecified atom stereocenters. The van der Waals surface area contributed by atoms with Crippen LogP contribution in [0.25, 0.3) is 11.0 Å². The number of nitrogens with one attached hydrogen (secondary N) is 2. The first-order chi connectivity index (χ1) is 14.1. The van der Waals surface area contributed by atoms with Crippen molar-refractivity contribution < 1.29 is 9.53 Å². The number of urea groups is 1. The Labute approximate surface area is 171 Å². The molecule has 11 heteroatoms. The lowest BCUT2D eigenvalue weighted by Gasteiger charge is -2.27. The van der Waals surface area contributed by atoms with Gasteiger partial charge in [-0.25, -0.2) is 14.8 Å². The van der Waals surface area contributed by atoms with Gasteiger partial charge < -0.3 is 19.5 Å². The highest BCUT2D eigenvalue weighted by atomic mass is 32.1. The standard InChI is InChI=1S/C18H22N8O2S/c1-25(15-13-3-4-19-14(13)20-9-21-15)12-5-10-7-26(8-11(10)6-12)18(27)23-17-22-16(28-2)24-29-17/h3-4,9-12H,5-8H2,1-2H3,(H,19,20,21)(H,22,23,24,27)/t10-,11?,12+/m0/s1. The summed E-state index contributed by atoms with van der Waals surface area (Å²) in [6.45, 7) is 1.53. The summed E-state index contributed by atoms with van der Waals surface area (Å²) >= 11 is 1.12. The highest BCUT2D eigenvalue weighted by Crippen LogP contribution is 2.41. The van der Waals surface area contributed by atoms with Crippen LogP contribution in [0.1, 0.15) is 12.8 Å². The number of hydrogen-bond donors (Lipinski definition) is 2. The Bertz CT molecular complexity index is 1020. The van der Waals surface area contributed by atoms with Gasteiger partial charge in [-0.1, -0.05) is 0 Å². The normalized spacial score (nSPS) is 23.4. The largest absolute Gasteiger partial charge is 0.466 e. The zero-order valence-electron chi connectivity index (χ0n) is 16.2. The van der Waals surface area contributed by atoms with Crippen molar-refractivity contribution in [1.82, 2.24) is 29.2 Å². The van der Waals surface area contributed by atoms with Crippen molar-refractivity contribution in [2.75, 3.05) is 37.5 Å². The maximum atomic E-state index is 12.6. The van der Waals surface area contributed by atoms with Crippen molar-refractivity contribution in [1.29, 1.82) is 0 Å². The summed E-state index contributed by atoms with van der Waals surface area (Å²) in [5.74, 6) is 1.96. The number of aromatic amines is 1. The number of ether oxygens (including phenoxy) is 1. The number of nitrogens with zero attached hydrogens (tertiary/aromatic N) is 6. The summed E-state index contributed by atoms with van der Waals surface area (Å²) in [5, 5.41) is 4.33. The van der Waals surface area contributed by atoms with Crippen LogP contribution >= 0.6 is 11.5 Å².